The van der Waals surface area contributed by atoms with Crippen LogP contribution >= 0.6 is 0 Å². The molecule has 0 N–H and O–H groups in total. The van der Waals surface area contributed by atoms with Crippen LogP contribution in [-0.4, -0.2) is 9.97 Å². The second-order valence-electron chi connectivity index (χ2n) is 17.5. The van der Waals surface area contributed by atoms with E-state index >= 15 is 0 Å². The Balaban J connectivity index is 0.985. The van der Waals surface area contributed by atoms with Crippen LogP contribution in [0.4, 0.5) is 0 Å². The van der Waals surface area contributed by atoms with E-state index in [0.717, 1.165) is 56.7 Å². The maximum Gasteiger partial charge on any atom is 0.144 e. The molecule has 1 spiro atoms. The Kier molecular flexibility index (Phi) is 7.33. The summed E-state index contributed by atoms with van der Waals surface area (Å²) < 4.78 is 6.76. The Morgan fingerprint density at radius 2 is 1.28 bits per heavy atom. The number of hydrogen-bond acceptors (Lipinski definition) is 3. The molecule has 1 saturated carbocycles. The van der Waals surface area contributed by atoms with E-state index in [1.54, 1.807) is 5.56 Å². The monoisotopic (exact) mass is 748 g/mol. The molecular weight excluding hydrogens is 705 g/mol. The molecule has 0 saturated heterocycles. The van der Waals surface area contributed by atoms with Gasteiger partial charge >= 0.3 is 0 Å². The lowest BCUT2D eigenvalue weighted by Crippen LogP contribution is -2.28. The Morgan fingerprint density at radius 1 is 0.534 bits per heavy atom. The van der Waals surface area contributed by atoms with Crippen molar-refractivity contribution in [1.82, 2.24) is 9.97 Å². The lowest BCUT2D eigenvalue weighted by molar-refractivity contribution is 0.353. The average Bonchev–Trinajstić information content (AvgIpc) is 3.86. The van der Waals surface area contributed by atoms with Crippen LogP contribution < -0.4 is 0 Å². The zero-order valence-electron chi connectivity index (χ0n) is 33.1. The van der Waals surface area contributed by atoms with E-state index in [1.807, 2.05) is 6.07 Å². The van der Waals surface area contributed by atoms with E-state index in [0.29, 0.717) is 0 Å². The maximum atomic E-state index is 6.76. The fourth-order valence-corrected chi connectivity index (χ4v) is 11.0. The summed E-state index contributed by atoms with van der Waals surface area (Å²) in [6.07, 6.45) is 15.8. The smallest absolute Gasteiger partial charge is 0.144 e. The molecule has 0 radical (unpaired) electrons. The summed E-state index contributed by atoms with van der Waals surface area (Å²) in [5.41, 5.74) is 19.8. The van der Waals surface area contributed by atoms with Crippen molar-refractivity contribution in [3.63, 3.8) is 0 Å². The van der Waals surface area contributed by atoms with Gasteiger partial charge in [0.05, 0.1) is 11.4 Å². The Labute approximate surface area is 339 Å². The van der Waals surface area contributed by atoms with Gasteiger partial charge < -0.3 is 4.42 Å². The van der Waals surface area contributed by atoms with Gasteiger partial charge in [-0.05, 0) is 117 Å². The molecule has 280 valence electrons. The summed E-state index contributed by atoms with van der Waals surface area (Å²) in [5.74, 6) is 0.958. The third kappa shape index (κ3) is 4.92. The zero-order valence-corrected chi connectivity index (χ0v) is 33.1. The molecule has 1 fully saturated rings. The van der Waals surface area contributed by atoms with Crippen LogP contribution in [0, 0.1) is 0 Å². The fraction of sp³-hybridized carbons (Fsp3) is 0.200. The van der Waals surface area contributed by atoms with Gasteiger partial charge in [-0.15, -0.1) is 0 Å². The number of fused-ring (bicyclic) bond motifs is 11. The van der Waals surface area contributed by atoms with Crippen LogP contribution in [0.3, 0.4) is 0 Å². The van der Waals surface area contributed by atoms with Crippen molar-refractivity contribution in [1.29, 1.82) is 0 Å². The van der Waals surface area contributed by atoms with Gasteiger partial charge in [-0.3, -0.25) is 0 Å². The van der Waals surface area contributed by atoms with Crippen molar-refractivity contribution in [2.45, 2.75) is 69.1 Å². The standard InChI is InChI=1S/C55H44N2O/c1-54(2)45-22-11-10-19-38(45)42-32-48-43(31-47(42)54)41-29-36(23-25-46(41)55(48)27-12-5-13-28-55)37-24-26-51-44(30-37)39-20-14-21-40(52(39)58-51)50-33-49(34-15-6-3-7-16-34)56-53(57-50)35-17-8-4-9-18-35/h3-4,6-11,14-17,19-26,29-33,35H,5,12-13,18,27-28H2,1-2H3. The zero-order chi connectivity index (χ0) is 38.6. The number of rotatable bonds is 4. The normalized spacial score (nSPS) is 18.1. The summed E-state index contributed by atoms with van der Waals surface area (Å²) in [7, 11) is 0. The van der Waals surface area contributed by atoms with Crippen LogP contribution in [0.25, 0.3) is 77.8 Å². The number of allylic oxidation sites excluding steroid dienone is 4. The Hall–Kier alpha value is -6.32. The lowest BCUT2D eigenvalue weighted by Gasteiger charge is -2.36. The van der Waals surface area contributed by atoms with Gasteiger partial charge in [0.1, 0.15) is 17.0 Å². The highest BCUT2D eigenvalue weighted by atomic mass is 16.3. The first-order chi connectivity index (χ1) is 28.5. The Bertz CT molecular complexity index is 3050. The largest absolute Gasteiger partial charge is 0.455 e. The summed E-state index contributed by atoms with van der Waals surface area (Å²) in [4.78, 5) is 10.3. The highest BCUT2D eigenvalue weighted by Gasteiger charge is 2.46. The van der Waals surface area contributed by atoms with Gasteiger partial charge in [-0.2, -0.15) is 0 Å². The van der Waals surface area contributed by atoms with Crippen molar-refractivity contribution in [2.24, 2.45) is 0 Å². The minimum atomic E-state index is -0.0337. The van der Waals surface area contributed by atoms with Gasteiger partial charge in [0.2, 0.25) is 0 Å². The third-order valence-electron chi connectivity index (χ3n) is 14.0. The first-order valence-corrected chi connectivity index (χ1v) is 21.1. The van der Waals surface area contributed by atoms with E-state index in [2.05, 4.69) is 159 Å². The Morgan fingerprint density at radius 3 is 2.14 bits per heavy atom. The van der Waals surface area contributed by atoms with E-state index in [-0.39, 0.29) is 16.7 Å². The number of para-hydroxylation sites is 1. The van der Waals surface area contributed by atoms with E-state index in [9.17, 15) is 0 Å². The van der Waals surface area contributed by atoms with Crippen LogP contribution in [0.1, 0.15) is 86.4 Å². The highest BCUT2D eigenvalue weighted by Crippen LogP contribution is 2.60. The van der Waals surface area contributed by atoms with Crippen molar-refractivity contribution in [3.8, 4) is 55.9 Å². The van der Waals surface area contributed by atoms with Gasteiger partial charge in [0.15, 0.2) is 0 Å². The third-order valence-corrected chi connectivity index (χ3v) is 14.0. The molecule has 2 aromatic heterocycles. The number of benzene rings is 6. The first kappa shape index (κ1) is 33.8. The fourth-order valence-electron chi connectivity index (χ4n) is 11.0. The number of furan rings is 1. The average molecular weight is 749 g/mol. The van der Waals surface area contributed by atoms with Gasteiger partial charge in [-0.25, -0.2) is 9.97 Å². The van der Waals surface area contributed by atoms with Crippen molar-refractivity contribution >= 4 is 21.9 Å². The minimum Gasteiger partial charge on any atom is -0.455 e. The summed E-state index contributed by atoms with van der Waals surface area (Å²) in [5, 5.41) is 2.22. The second kappa shape index (κ2) is 12.6. The van der Waals surface area contributed by atoms with Gasteiger partial charge in [0.25, 0.3) is 0 Å². The molecule has 1 unspecified atom stereocenters. The van der Waals surface area contributed by atoms with Crippen LogP contribution in [-0.2, 0) is 10.8 Å². The quantitative estimate of drug-likeness (QED) is 0.180. The summed E-state index contributed by atoms with van der Waals surface area (Å²) in [6, 6.07) is 47.3. The highest BCUT2D eigenvalue weighted by molar-refractivity contribution is 6.10. The number of aromatic nitrogens is 2. The number of hydrogen-bond donors (Lipinski definition) is 0. The number of nitrogens with zero attached hydrogens (tertiary/aromatic N) is 2. The molecule has 8 aromatic rings. The van der Waals surface area contributed by atoms with Gasteiger partial charge in [-0.1, -0.05) is 142 Å². The van der Waals surface area contributed by atoms with Crippen LogP contribution in [0.15, 0.2) is 156 Å². The van der Waals surface area contributed by atoms with Crippen molar-refractivity contribution in [2.75, 3.05) is 0 Å². The van der Waals surface area contributed by atoms with Crippen molar-refractivity contribution in [3.05, 3.63) is 180 Å². The maximum absolute atomic E-state index is 6.76. The molecule has 3 heteroatoms. The summed E-state index contributed by atoms with van der Waals surface area (Å²) >= 11 is 0. The lowest BCUT2D eigenvalue weighted by atomic mass is 9.67. The molecular formula is C55H44N2O. The van der Waals surface area contributed by atoms with Crippen LogP contribution in [0.5, 0.6) is 0 Å². The predicted molar refractivity (Wildman–Crippen MR) is 238 cm³/mol. The molecule has 4 aliphatic carbocycles. The molecule has 0 aliphatic heterocycles. The van der Waals surface area contributed by atoms with Gasteiger partial charge in [0, 0.05) is 38.6 Å². The van der Waals surface area contributed by atoms with Crippen LogP contribution in [0.2, 0.25) is 0 Å². The molecule has 2 heterocycles. The SMILES string of the molecule is CC1(C)c2ccccc2-c2cc3c(cc21)-c1cc(-c2ccc4oc5c(-c6cc(-c7ccccc7)nc(C7C=CC=CC7)n6)cccc5c4c2)ccc1C31CCCCC1. The first-order valence-electron chi connectivity index (χ1n) is 21.1. The molecule has 12 rings (SSSR count). The molecule has 4 aliphatic rings. The molecule has 3 nitrogen and oxygen atoms in total. The summed E-state index contributed by atoms with van der Waals surface area (Å²) in [6.45, 7) is 4.81. The second-order valence-corrected chi connectivity index (χ2v) is 17.5. The molecule has 58 heavy (non-hydrogen) atoms. The minimum absolute atomic E-state index is 0.0337. The topological polar surface area (TPSA) is 38.9 Å². The van der Waals surface area contributed by atoms with E-state index in [1.165, 1.54) is 82.2 Å². The van der Waals surface area contributed by atoms with E-state index in [4.69, 9.17) is 14.4 Å². The molecule has 0 bridgehead atoms. The van der Waals surface area contributed by atoms with E-state index < -0.39 is 0 Å². The molecule has 6 aromatic carbocycles. The predicted octanol–water partition coefficient (Wildman–Crippen LogP) is 14.5. The molecule has 0 amide bonds. The van der Waals surface area contributed by atoms with Crippen molar-refractivity contribution < 1.29 is 4.42 Å². The molecule has 1 atom stereocenters.